The van der Waals surface area contributed by atoms with Crippen molar-refractivity contribution in [1.82, 2.24) is 5.32 Å². The minimum atomic E-state index is -0.876. The Labute approximate surface area is 125 Å². The standard InChI is InChI=1S/C16H23NO2S/c1-12-5-7-14(8-6-12)9-13(2)15(18)17-10-16(3,19)11-20-4/h5-9,19H,10-11H2,1-4H3,(H,17,18)/b13-9+. The van der Waals surface area contributed by atoms with E-state index in [1.165, 1.54) is 5.56 Å². The van der Waals surface area contributed by atoms with Crippen LogP contribution in [0.5, 0.6) is 0 Å². The molecule has 1 atom stereocenters. The molecule has 3 nitrogen and oxygen atoms in total. The molecular weight excluding hydrogens is 270 g/mol. The Morgan fingerprint density at radius 1 is 1.40 bits per heavy atom. The molecule has 1 unspecified atom stereocenters. The van der Waals surface area contributed by atoms with E-state index >= 15 is 0 Å². The summed E-state index contributed by atoms with van der Waals surface area (Å²) >= 11 is 1.56. The molecule has 0 heterocycles. The molecule has 0 aromatic heterocycles. The van der Waals surface area contributed by atoms with Crippen molar-refractivity contribution >= 4 is 23.7 Å². The second kappa shape index (κ2) is 7.50. The van der Waals surface area contributed by atoms with Crippen LogP contribution in [0.15, 0.2) is 29.8 Å². The van der Waals surface area contributed by atoms with Crippen molar-refractivity contribution < 1.29 is 9.90 Å². The van der Waals surface area contributed by atoms with Crippen LogP contribution in [0.2, 0.25) is 0 Å². The highest BCUT2D eigenvalue weighted by Crippen LogP contribution is 2.11. The molecular formula is C16H23NO2S. The average molecular weight is 293 g/mol. The zero-order valence-corrected chi connectivity index (χ0v) is 13.4. The summed E-state index contributed by atoms with van der Waals surface area (Å²) in [6.45, 7) is 5.79. The number of nitrogens with one attached hydrogen (secondary N) is 1. The van der Waals surface area contributed by atoms with E-state index in [0.717, 1.165) is 5.56 Å². The van der Waals surface area contributed by atoms with E-state index in [0.29, 0.717) is 11.3 Å². The van der Waals surface area contributed by atoms with Gasteiger partial charge >= 0.3 is 0 Å². The molecule has 110 valence electrons. The second-order valence-corrected chi connectivity index (χ2v) is 6.22. The third kappa shape index (κ3) is 5.80. The van der Waals surface area contributed by atoms with E-state index in [-0.39, 0.29) is 12.5 Å². The van der Waals surface area contributed by atoms with E-state index in [2.05, 4.69) is 5.32 Å². The van der Waals surface area contributed by atoms with Crippen molar-refractivity contribution in [2.24, 2.45) is 0 Å². The Bertz CT molecular complexity index is 478. The van der Waals surface area contributed by atoms with Crippen molar-refractivity contribution in [1.29, 1.82) is 0 Å². The monoisotopic (exact) mass is 293 g/mol. The highest BCUT2D eigenvalue weighted by atomic mass is 32.2. The van der Waals surface area contributed by atoms with Gasteiger partial charge < -0.3 is 10.4 Å². The fraction of sp³-hybridized carbons (Fsp3) is 0.438. The second-order valence-electron chi connectivity index (χ2n) is 5.35. The van der Waals surface area contributed by atoms with Crippen LogP contribution in [-0.2, 0) is 4.79 Å². The lowest BCUT2D eigenvalue weighted by atomic mass is 10.1. The Morgan fingerprint density at radius 2 is 2.00 bits per heavy atom. The van der Waals surface area contributed by atoms with Gasteiger partial charge in [0.25, 0.3) is 0 Å². The minimum absolute atomic E-state index is 0.146. The molecule has 20 heavy (non-hydrogen) atoms. The van der Waals surface area contributed by atoms with E-state index in [9.17, 15) is 9.90 Å². The smallest absolute Gasteiger partial charge is 0.247 e. The molecule has 0 aliphatic rings. The lowest BCUT2D eigenvalue weighted by molar-refractivity contribution is -0.118. The predicted molar refractivity (Wildman–Crippen MR) is 86.8 cm³/mol. The maximum Gasteiger partial charge on any atom is 0.247 e. The van der Waals surface area contributed by atoms with E-state index in [1.54, 1.807) is 25.6 Å². The first-order valence-electron chi connectivity index (χ1n) is 6.58. The van der Waals surface area contributed by atoms with Gasteiger partial charge in [-0.1, -0.05) is 29.8 Å². The average Bonchev–Trinajstić information content (AvgIpc) is 2.38. The molecule has 2 N–H and O–H groups in total. The molecule has 4 heteroatoms. The van der Waals surface area contributed by atoms with Gasteiger partial charge in [-0.05, 0) is 38.7 Å². The molecule has 0 bridgehead atoms. The first kappa shape index (κ1) is 16.8. The van der Waals surface area contributed by atoms with Crippen LogP contribution >= 0.6 is 11.8 Å². The Kier molecular flexibility index (Phi) is 6.30. The van der Waals surface area contributed by atoms with Crippen LogP contribution in [0.1, 0.15) is 25.0 Å². The number of hydrogen-bond acceptors (Lipinski definition) is 3. The van der Waals surface area contributed by atoms with Crippen LogP contribution in [0.3, 0.4) is 0 Å². The van der Waals surface area contributed by atoms with Crippen LogP contribution in [-0.4, -0.2) is 35.2 Å². The summed E-state index contributed by atoms with van der Waals surface area (Å²) in [4.78, 5) is 12.0. The largest absolute Gasteiger partial charge is 0.387 e. The molecule has 0 saturated carbocycles. The zero-order valence-electron chi connectivity index (χ0n) is 12.6. The topological polar surface area (TPSA) is 49.3 Å². The molecule has 1 rings (SSSR count). The number of carbonyl (C=O) groups is 1. The third-order valence-corrected chi connectivity index (χ3v) is 3.81. The summed E-state index contributed by atoms with van der Waals surface area (Å²) in [5.74, 6) is 0.445. The summed E-state index contributed by atoms with van der Waals surface area (Å²) < 4.78 is 0. The van der Waals surface area contributed by atoms with Crippen molar-refractivity contribution in [3.63, 3.8) is 0 Å². The van der Waals surface area contributed by atoms with Crippen LogP contribution < -0.4 is 5.32 Å². The van der Waals surface area contributed by atoms with Gasteiger partial charge in [0.05, 0.1) is 5.60 Å². The van der Waals surface area contributed by atoms with Gasteiger partial charge in [-0.25, -0.2) is 0 Å². The lowest BCUT2D eigenvalue weighted by Crippen LogP contribution is -2.42. The quantitative estimate of drug-likeness (QED) is 0.793. The molecule has 0 radical (unpaired) electrons. The molecule has 0 spiro atoms. The van der Waals surface area contributed by atoms with Crippen molar-refractivity contribution in [2.45, 2.75) is 26.4 Å². The van der Waals surface area contributed by atoms with Gasteiger partial charge in [0, 0.05) is 17.9 Å². The number of thioether (sulfide) groups is 1. The minimum Gasteiger partial charge on any atom is -0.387 e. The third-order valence-electron chi connectivity index (χ3n) is 2.90. The normalized spacial score (nSPS) is 14.8. The fourth-order valence-corrected chi connectivity index (χ4v) is 2.47. The van der Waals surface area contributed by atoms with Crippen molar-refractivity contribution in [3.8, 4) is 0 Å². The summed E-state index contributed by atoms with van der Waals surface area (Å²) in [6, 6.07) is 7.99. The van der Waals surface area contributed by atoms with Crippen molar-refractivity contribution in [2.75, 3.05) is 18.6 Å². The first-order chi connectivity index (χ1) is 9.34. The number of aliphatic hydroxyl groups is 1. The van der Waals surface area contributed by atoms with E-state index in [1.807, 2.05) is 43.5 Å². The molecule has 0 aliphatic carbocycles. The predicted octanol–water partition coefficient (Wildman–Crippen LogP) is 2.63. The summed E-state index contributed by atoms with van der Waals surface area (Å²) in [7, 11) is 0. The fourth-order valence-electron chi connectivity index (χ4n) is 1.75. The number of hydrogen-bond donors (Lipinski definition) is 2. The Hall–Kier alpha value is -1.26. The van der Waals surface area contributed by atoms with Gasteiger partial charge in [-0.15, -0.1) is 0 Å². The lowest BCUT2D eigenvalue weighted by Gasteiger charge is -2.22. The van der Waals surface area contributed by atoms with Gasteiger partial charge in [0.2, 0.25) is 5.91 Å². The summed E-state index contributed by atoms with van der Waals surface area (Å²) in [5.41, 5.74) is 1.95. The number of rotatable bonds is 6. The number of amides is 1. The van der Waals surface area contributed by atoms with Gasteiger partial charge in [-0.2, -0.15) is 11.8 Å². The van der Waals surface area contributed by atoms with Gasteiger partial charge in [0.15, 0.2) is 0 Å². The molecule has 0 aliphatic heterocycles. The van der Waals surface area contributed by atoms with Crippen LogP contribution in [0, 0.1) is 6.92 Å². The molecule has 1 aromatic rings. The van der Waals surface area contributed by atoms with Crippen LogP contribution in [0.4, 0.5) is 0 Å². The molecule has 0 saturated heterocycles. The van der Waals surface area contributed by atoms with Gasteiger partial charge in [0.1, 0.15) is 0 Å². The highest BCUT2D eigenvalue weighted by Gasteiger charge is 2.20. The maximum atomic E-state index is 12.0. The summed E-state index contributed by atoms with van der Waals surface area (Å²) in [6.07, 6.45) is 3.77. The number of benzene rings is 1. The SMILES string of the molecule is CSCC(C)(O)CNC(=O)/C(C)=C/c1ccc(C)cc1. The summed E-state index contributed by atoms with van der Waals surface area (Å²) in [5, 5.41) is 12.8. The highest BCUT2D eigenvalue weighted by molar-refractivity contribution is 7.98. The van der Waals surface area contributed by atoms with E-state index in [4.69, 9.17) is 0 Å². The molecule has 1 aromatic carbocycles. The Balaban J connectivity index is 2.61. The maximum absolute atomic E-state index is 12.0. The van der Waals surface area contributed by atoms with E-state index < -0.39 is 5.60 Å². The van der Waals surface area contributed by atoms with Crippen molar-refractivity contribution in [3.05, 3.63) is 41.0 Å². The van der Waals surface area contributed by atoms with Gasteiger partial charge in [-0.3, -0.25) is 4.79 Å². The molecule has 1 amide bonds. The first-order valence-corrected chi connectivity index (χ1v) is 7.98. The molecule has 0 fully saturated rings. The Morgan fingerprint density at radius 3 is 2.55 bits per heavy atom. The number of carbonyl (C=O) groups excluding carboxylic acids is 1. The number of aryl methyl sites for hydroxylation is 1. The zero-order chi connectivity index (χ0) is 15.2. The van der Waals surface area contributed by atoms with Crippen LogP contribution in [0.25, 0.3) is 6.08 Å².